The summed E-state index contributed by atoms with van der Waals surface area (Å²) in [6, 6.07) is 8.23. The van der Waals surface area contributed by atoms with Gasteiger partial charge in [-0.05, 0) is 37.1 Å². The Hall–Kier alpha value is -1.43. The Morgan fingerprint density at radius 2 is 1.95 bits per heavy atom. The highest BCUT2D eigenvalue weighted by molar-refractivity contribution is 9.10. The molecule has 0 spiro atoms. The second kappa shape index (κ2) is 6.56. The maximum absolute atomic E-state index is 14.2. The van der Waals surface area contributed by atoms with E-state index in [4.69, 9.17) is 10.6 Å². The fourth-order valence-electron chi connectivity index (χ4n) is 2.42. The van der Waals surface area contributed by atoms with Crippen molar-refractivity contribution < 1.29 is 9.13 Å². The Bertz CT molecular complexity index is 641. The first kappa shape index (κ1) is 15.9. The molecule has 0 saturated heterocycles. The van der Waals surface area contributed by atoms with Gasteiger partial charge in [-0.2, -0.15) is 0 Å². The van der Waals surface area contributed by atoms with Crippen LogP contribution in [0.1, 0.15) is 28.3 Å². The molecule has 0 aromatic heterocycles. The maximum atomic E-state index is 14.2. The zero-order chi connectivity index (χ0) is 15.6. The van der Waals surface area contributed by atoms with E-state index < -0.39 is 6.04 Å². The van der Waals surface area contributed by atoms with Gasteiger partial charge in [-0.3, -0.25) is 5.84 Å². The van der Waals surface area contributed by atoms with Crippen LogP contribution in [-0.2, 0) is 0 Å². The molecule has 0 fully saturated rings. The van der Waals surface area contributed by atoms with Gasteiger partial charge in [0.05, 0.1) is 13.2 Å². The van der Waals surface area contributed by atoms with Crippen molar-refractivity contribution in [3.05, 3.63) is 62.9 Å². The molecule has 0 aliphatic heterocycles. The molecule has 0 amide bonds. The van der Waals surface area contributed by atoms with Gasteiger partial charge in [0.15, 0.2) is 0 Å². The van der Waals surface area contributed by atoms with Crippen molar-refractivity contribution in [2.24, 2.45) is 5.84 Å². The molecular formula is C16H18BrFN2O. The highest BCUT2D eigenvalue weighted by atomic mass is 79.9. The van der Waals surface area contributed by atoms with E-state index in [0.717, 1.165) is 16.7 Å². The summed E-state index contributed by atoms with van der Waals surface area (Å²) in [6.07, 6.45) is 0. The minimum Gasteiger partial charge on any atom is -0.496 e. The van der Waals surface area contributed by atoms with E-state index in [2.05, 4.69) is 21.4 Å². The first-order valence-electron chi connectivity index (χ1n) is 6.55. The Morgan fingerprint density at radius 1 is 1.24 bits per heavy atom. The number of aryl methyl sites for hydroxylation is 1. The zero-order valence-electron chi connectivity index (χ0n) is 12.2. The van der Waals surface area contributed by atoms with Crippen LogP contribution in [0.15, 0.2) is 34.8 Å². The van der Waals surface area contributed by atoms with Crippen LogP contribution in [0.4, 0.5) is 4.39 Å². The molecule has 21 heavy (non-hydrogen) atoms. The van der Waals surface area contributed by atoms with Crippen LogP contribution in [0.25, 0.3) is 0 Å². The standard InChI is InChI=1S/C16H18BrFN2O/c1-9-7-8-11(16(21-3)10(9)2)15(20-19)14-12(17)5-4-6-13(14)18/h4-8,15,20H,19H2,1-3H3. The second-order valence-electron chi connectivity index (χ2n) is 4.86. The monoisotopic (exact) mass is 352 g/mol. The van der Waals surface area contributed by atoms with Crippen molar-refractivity contribution in [1.82, 2.24) is 5.43 Å². The summed E-state index contributed by atoms with van der Waals surface area (Å²) in [5.74, 6) is 6.08. The van der Waals surface area contributed by atoms with Crippen molar-refractivity contribution in [3.63, 3.8) is 0 Å². The summed E-state index contributed by atoms with van der Waals surface area (Å²) in [5, 5.41) is 0. The van der Waals surface area contributed by atoms with Gasteiger partial charge in [0, 0.05) is 15.6 Å². The predicted molar refractivity (Wildman–Crippen MR) is 85.7 cm³/mol. The third-order valence-corrected chi connectivity index (χ3v) is 4.37. The van der Waals surface area contributed by atoms with Gasteiger partial charge >= 0.3 is 0 Å². The topological polar surface area (TPSA) is 47.3 Å². The summed E-state index contributed by atoms with van der Waals surface area (Å²) in [5.41, 5.74) is 6.07. The molecule has 1 atom stereocenters. The lowest BCUT2D eigenvalue weighted by molar-refractivity contribution is 0.399. The van der Waals surface area contributed by atoms with E-state index in [1.54, 1.807) is 19.2 Å². The Labute approximate surface area is 132 Å². The number of hydrazine groups is 1. The van der Waals surface area contributed by atoms with Crippen molar-refractivity contribution >= 4 is 15.9 Å². The van der Waals surface area contributed by atoms with E-state index in [9.17, 15) is 4.39 Å². The number of rotatable bonds is 4. The third kappa shape index (κ3) is 2.95. The minimum atomic E-state index is -0.505. The quantitative estimate of drug-likeness (QED) is 0.650. The smallest absolute Gasteiger partial charge is 0.129 e. The SMILES string of the molecule is COc1c(C(NN)c2c(F)cccc2Br)ccc(C)c1C. The lowest BCUT2D eigenvalue weighted by atomic mass is 9.94. The van der Waals surface area contributed by atoms with Gasteiger partial charge in [0.1, 0.15) is 11.6 Å². The van der Waals surface area contributed by atoms with Gasteiger partial charge < -0.3 is 4.74 Å². The highest BCUT2D eigenvalue weighted by Crippen LogP contribution is 2.37. The number of methoxy groups -OCH3 is 1. The molecule has 0 radical (unpaired) electrons. The number of nitrogens with two attached hydrogens (primary N) is 1. The normalized spacial score (nSPS) is 12.3. The van der Waals surface area contributed by atoms with E-state index in [1.165, 1.54) is 6.07 Å². The molecule has 2 aromatic rings. The molecule has 2 aromatic carbocycles. The van der Waals surface area contributed by atoms with Crippen molar-refractivity contribution in [3.8, 4) is 5.75 Å². The molecule has 3 nitrogen and oxygen atoms in total. The van der Waals surface area contributed by atoms with Crippen LogP contribution in [0.5, 0.6) is 5.75 Å². The maximum Gasteiger partial charge on any atom is 0.129 e. The van der Waals surface area contributed by atoms with E-state index >= 15 is 0 Å². The Balaban J connectivity index is 2.65. The zero-order valence-corrected chi connectivity index (χ0v) is 13.8. The van der Waals surface area contributed by atoms with Crippen molar-refractivity contribution in [2.45, 2.75) is 19.9 Å². The summed E-state index contributed by atoms with van der Waals surface area (Å²) < 4.78 is 20.4. The molecule has 3 N–H and O–H groups in total. The summed E-state index contributed by atoms with van der Waals surface area (Å²) in [4.78, 5) is 0. The van der Waals surface area contributed by atoms with Gasteiger partial charge in [0.25, 0.3) is 0 Å². The summed E-state index contributed by atoms with van der Waals surface area (Å²) in [7, 11) is 1.61. The molecular weight excluding hydrogens is 335 g/mol. The van der Waals surface area contributed by atoms with Crippen LogP contribution in [0, 0.1) is 19.7 Å². The first-order valence-corrected chi connectivity index (χ1v) is 7.34. The Kier molecular flexibility index (Phi) is 4.98. The minimum absolute atomic E-state index is 0.326. The van der Waals surface area contributed by atoms with Gasteiger partial charge in [-0.1, -0.05) is 34.1 Å². The molecule has 2 rings (SSSR count). The highest BCUT2D eigenvalue weighted by Gasteiger charge is 2.23. The second-order valence-corrected chi connectivity index (χ2v) is 5.72. The third-order valence-electron chi connectivity index (χ3n) is 3.68. The average Bonchev–Trinajstić information content (AvgIpc) is 2.46. The lowest BCUT2D eigenvalue weighted by Gasteiger charge is -2.23. The molecule has 0 aliphatic rings. The molecule has 0 bridgehead atoms. The molecule has 112 valence electrons. The van der Waals surface area contributed by atoms with Gasteiger partial charge in [-0.15, -0.1) is 0 Å². The molecule has 0 saturated carbocycles. The largest absolute Gasteiger partial charge is 0.496 e. The number of hydrogen-bond acceptors (Lipinski definition) is 3. The van der Waals surface area contributed by atoms with Crippen LogP contribution in [0.2, 0.25) is 0 Å². The van der Waals surface area contributed by atoms with Crippen LogP contribution >= 0.6 is 15.9 Å². The van der Waals surface area contributed by atoms with Crippen molar-refractivity contribution in [1.29, 1.82) is 0 Å². The summed E-state index contributed by atoms with van der Waals surface area (Å²) >= 11 is 3.39. The fourth-order valence-corrected chi connectivity index (χ4v) is 3.00. The number of benzene rings is 2. The number of halogens is 2. The fraction of sp³-hybridized carbons (Fsp3) is 0.250. The summed E-state index contributed by atoms with van der Waals surface area (Å²) in [6.45, 7) is 3.98. The van der Waals surface area contributed by atoms with Gasteiger partial charge in [-0.25, -0.2) is 9.82 Å². The van der Waals surface area contributed by atoms with E-state index in [1.807, 2.05) is 26.0 Å². The van der Waals surface area contributed by atoms with Crippen LogP contribution in [0.3, 0.4) is 0 Å². The average molecular weight is 353 g/mol. The van der Waals surface area contributed by atoms with E-state index in [0.29, 0.717) is 15.8 Å². The van der Waals surface area contributed by atoms with Crippen LogP contribution in [-0.4, -0.2) is 7.11 Å². The molecule has 1 unspecified atom stereocenters. The first-order chi connectivity index (χ1) is 10.0. The Morgan fingerprint density at radius 3 is 2.52 bits per heavy atom. The molecule has 0 heterocycles. The van der Waals surface area contributed by atoms with Gasteiger partial charge in [0.2, 0.25) is 0 Å². The van der Waals surface area contributed by atoms with E-state index in [-0.39, 0.29) is 5.82 Å². The van der Waals surface area contributed by atoms with Crippen molar-refractivity contribution in [2.75, 3.05) is 7.11 Å². The lowest BCUT2D eigenvalue weighted by Crippen LogP contribution is -2.30. The number of nitrogens with one attached hydrogen (secondary N) is 1. The molecule has 0 aliphatic carbocycles. The van der Waals surface area contributed by atoms with Crippen LogP contribution < -0.4 is 16.0 Å². The molecule has 5 heteroatoms. The number of hydrogen-bond donors (Lipinski definition) is 2. The number of ether oxygens (including phenoxy) is 1. The predicted octanol–water partition coefficient (Wildman–Crippen LogP) is 3.77.